The third-order valence-corrected chi connectivity index (χ3v) is 4.14. The summed E-state index contributed by atoms with van der Waals surface area (Å²) in [6, 6.07) is 7.87. The summed E-state index contributed by atoms with van der Waals surface area (Å²) in [5, 5.41) is 6.20. The highest BCUT2D eigenvalue weighted by molar-refractivity contribution is 6.42. The van der Waals surface area contributed by atoms with Crippen molar-refractivity contribution in [2.45, 2.75) is 12.5 Å². The predicted octanol–water partition coefficient (Wildman–Crippen LogP) is 2.61. The van der Waals surface area contributed by atoms with Crippen molar-refractivity contribution in [3.63, 3.8) is 0 Å². The Labute approximate surface area is 131 Å². The maximum absolute atomic E-state index is 12.5. The van der Waals surface area contributed by atoms with Gasteiger partial charge in [0.05, 0.1) is 5.92 Å². The van der Waals surface area contributed by atoms with Gasteiger partial charge in [-0.15, -0.1) is 0 Å². The van der Waals surface area contributed by atoms with Gasteiger partial charge in [0.15, 0.2) is 11.0 Å². The average Bonchev–Trinajstić information content (AvgIpc) is 2.51. The lowest BCUT2D eigenvalue weighted by molar-refractivity contribution is -0.117. The zero-order chi connectivity index (χ0) is 14.8. The quantitative estimate of drug-likeness (QED) is 0.834. The molecule has 0 saturated heterocycles. The minimum atomic E-state index is -0.292. The van der Waals surface area contributed by atoms with Crippen LogP contribution in [0.3, 0.4) is 0 Å². The molecule has 7 heteroatoms. The molecule has 2 aromatic rings. The summed E-state index contributed by atoms with van der Waals surface area (Å²) in [5.41, 5.74) is 2.14. The highest BCUT2D eigenvalue weighted by atomic mass is 35.5. The zero-order valence-corrected chi connectivity index (χ0v) is 12.4. The van der Waals surface area contributed by atoms with Crippen LogP contribution in [-0.2, 0) is 11.3 Å². The third kappa shape index (κ3) is 2.85. The molecule has 0 bridgehead atoms. The van der Waals surface area contributed by atoms with Gasteiger partial charge in [-0.05, 0) is 11.1 Å². The molecule has 0 radical (unpaired) electrons. The topological polar surface area (TPSA) is 66.9 Å². The number of fused-ring (bicyclic) bond motifs is 1. The first kappa shape index (κ1) is 14.3. The van der Waals surface area contributed by atoms with Crippen LogP contribution < -0.4 is 10.6 Å². The fourth-order valence-corrected chi connectivity index (χ4v) is 2.65. The van der Waals surface area contributed by atoms with E-state index in [1.807, 2.05) is 24.3 Å². The molecule has 108 valence electrons. The Morgan fingerprint density at radius 1 is 1.29 bits per heavy atom. The van der Waals surface area contributed by atoms with E-state index < -0.39 is 0 Å². The van der Waals surface area contributed by atoms with Crippen molar-refractivity contribution in [1.82, 2.24) is 15.3 Å². The van der Waals surface area contributed by atoms with Gasteiger partial charge in [-0.25, -0.2) is 9.97 Å². The summed E-state index contributed by atoms with van der Waals surface area (Å²) in [7, 11) is 0. The van der Waals surface area contributed by atoms with E-state index >= 15 is 0 Å². The molecule has 0 spiro atoms. The summed E-state index contributed by atoms with van der Waals surface area (Å²) in [6.07, 6.45) is 1.26. The van der Waals surface area contributed by atoms with Gasteiger partial charge in [-0.3, -0.25) is 4.79 Å². The van der Waals surface area contributed by atoms with Crippen molar-refractivity contribution in [3.05, 3.63) is 51.9 Å². The second-order valence-electron chi connectivity index (χ2n) is 4.70. The lowest BCUT2D eigenvalue weighted by Crippen LogP contribution is -2.35. The number of anilines is 1. The molecule has 1 aromatic heterocycles. The smallest absolute Gasteiger partial charge is 0.234 e. The number of amides is 1. The van der Waals surface area contributed by atoms with E-state index in [0.717, 1.165) is 17.7 Å². The molecule has 1 aliphatic heterocycles. The highest BCUT2D eigenvalue weighted by Crippen LogP contribution is 2.28. The molecule has 0 fully saturated rings. The van der Waals surface area contributed by atoms with Crippen LogP contribution in [0.25, 0.3) is 0 Å². The number of rotatable bonds is 2. The Hall–Kier alpha value is -1.69. The molecule has 1 atom stereocenters. The van der Waals surface area contributed by atoms with Gasteiger partial charge >= 0.3 is 0 Å². The summed E-state index contributed by atoms with van der Waals surface area (Å²) >= 11 is 11.8. The molecule has 2 heterocycles. The molecular formula is C14H12Cl2N4O. The van der Waals surface area contributed by atoms with Crippen molar-refractivity contribution in [1.29, 1.82) is 0 Å². The second-order valence-corrected chi connectivity index (χ2v) is 5.43. The number of hydrogen-bond acceptors (Lipinski definition) is 4. The van der Waals surface area contributed by atoms with E-state index in [9.17, 15) is 4.79 Å². The molecule has 0 aliphatic carbocycles. The first-order valence-electron chi connectivity index (χ1n) is 6.42. The van der Waals surface area contributed by atoms with E-state index in [0.29, 0.717) is 6.54 Å². The van der Waals surface area contributed by atoms with E-state index in [2.05, 4.69) is 20.6 Å². The predicted molar refractivity (Wildman–Crippen MR) is 81.6 cm³/mol. The Kier molecular flexibility index (Phi) is 4.05. The normalized spacial score (nSPS) is 17.1. The Bertz CT molecular complexity index is 692. The highest BCUT2D eigenvalue weighted by Gasteiger charge is 2.26. The molecule has 1 aromatic carbocycles. The Morgan fingerprint density at radius 2 is 2.10 bits per heavy atom. The van der Waals surface area contributed by atoms with E-state index in [-0.39, 0.29) is 27.8 Å². The van der Waals surface area contributed by atoms with Gasteiger partial charge in [0, 0.05) is 13.1 Å². The number of aromatic nitrogens is 2. The van der Waals surface area contributed by atoms with Crippen LogP contribution >= 0.6 is 23.2 Å². The Balaban J connectivity index is 1.85. The summed E-state index contributed by atoms with van der Waals surface area (Å²) in [6.45, 7) is 1.33. The summed E-state index contributed by atoms with van der Waals surface area (Å²) in [5.74, 6) is -0.240. The van der Waals surface area contributed by atoms with Crippen molar-refractivity contribution >= 4 is 34.9 Å². The van der Waals surface area contributed by atoms with Crippen LogP contribution in [0.1, 0.15) is 17.0 Å². The van der Waals surface area contributed by atoms with Crippen molar-refractivity contribution in [3.8, 4) is 0 Å². The standard InChI is InChI=1S/C14H12Cl2N4O/c15-11-12(16)18-7-19-13(11)20-14(21)10-6-17-5-8-3-1-2-4-9(8)10/h1-4,7,10,17H,5-6H2,(H,18,19,20,21). The zero-order valence-electron chi connectivity index (χ0n) is 10.9. The van der Waals surface area contributed by atoms with Gasteiger partial charge < -0.3 is 10.6 Å². The lowest BCUT2D eigenvalue weighted by atomic mass is 9.90. The number of nitrogens with zero attached hydrogens (tertiary/aromatic N) is 2. The van der Waals surface area contributed by atoms with Gasteiger partial charge in [0.2, 0.25) is 5.91 Å². The van der Waals surface area contributed by atoms with E-state index in [1.165, 1.54) is 6.33 Å². The van der Waals surface area contributed by atoms with Crippen LogP contribution in [-0.4, -0.2) is 22.4 Å². The Morgan fingerprint density at radius 3 is 2.95 bits per heavy atom. The van der Waals surface area contributed by atoms with Crippen molar-refractivity contribution in [2.75, 3.05) is 11.9 Å². The molecular weight excluding hydrogens is 311 g/mol. The fourth-order valence-electron chi connectivity index (χ4n) is 2.37. The van der Waals surface area contributed by atoms with Crippen LogP contribution in [0.15, 0.2) is 30.6 Å². The number of benzene rings is 1. The first-order chi connectivity index (χ1) is 10.2. The van der Waals surface area contributed by atoms with Crippen LogP contribution in [0.2, 0.25) is 10.2 Å². The minimum Gasteiger partial charge on any atom is -0.312 e. The van der Waals surface area contributed by atoms with Crippen molar-refractivity contribution < 1.29 is 4.79 Å². The molecule has 1 aliphatic rings. The maximum Gasteiger partial charge on any atom is 0.234 e. The molecule has 3 rings (SSSR count). The van der Waals surface area contributed by atoms with Crippen LogP contribution in [0.5, 0.6) is 0 Å². The molecule has 0 saturated carbocycles. The van der Waals surface area contributed by atoms with E-state index in [1.54, 1.807) is 0 Å². The number of halogens is 2. The maximum atomic E-state index is 12.5. The van der Waals surface area contributed by atoms with Crippen LogP contribution in [0, 0.1) is 0 Å². The number of nitrogens with one attached hydrogen (secondary N) is 2. The van der Waals surface area contributed by atoms with Gasteiger partial charge in [-0.2, -0.15) is 0 Å². The van der Waals surface area contributed by atoms with Crippen LogP contribution in [0.4, 0.5) is 5.82 Å². The minimum absolute atomic E-state index is 0.115. The first-order valence-corrected chi connectivity index (χ1v) is 7.18. The number of carbonyl (C=O) groups is 1. The summed E-state index contributed by atoms with van der Waals surface area (Å²) in [4.78, 5) is 20.2. The summed E-state index contributed by atoms with van der Waals surface area (Å²) < 4.78 is 0. The number of carbonyl (C=O) groups excluding carboxylic acids is 1. The third-order valence-electron chi connectivity index (χ3n) is 3.40. The largest absolute Gasteiger partial charge is 0.312 e. The molecule has 5 nitrogen and oxygen atoms in total. The fraction of sp³-hybridized carbons (Fsp3) is 0.214. The molecule has 21 heavy (non-hydrogen) atoms. The van der Waals surface area contributed by atoms with Gasteiger partial charge in [-0.1, -0.05) is 47.5 Å². The van der Waals surface area contributed by atoms with Crippen molar-refractivity contribution in [2.24, 2.45) is 0 Å². The van der Waals surface area contributed by atoms with Gasteiger partial charge in [0.1, 0.15) is 11.3 Å². The van der Waals surface area contributed by atoms with Gasteiger partial charge in [0.25, 0.3) is 0 Å². The SMILES string of the molecule is O=C(Nc1ncnc(Cl)c1Cl)C1CNCc2ccccc21. The second kappa shape index (κ2) is 5.97. The van der Waals surface area contributed by atoms with E-state index in [4.69, 9.17) is 23.2 Å². The molecule has 1 amide bonds. The number of hydrogen-bond donors (Lipinski definition) is 2. The lowest BCUT2D eigenvalue weighted by Gasteiger charge is -2.25. The molecule has 1 unspecified atom stereocenters. The molecule has 2 N–H and O–H groups in total. The average molecular weight is 323 g/mol. The monoisotopic (exact) mass is 322 g/mol.